The van der Waals surface area contributed by atoms with Crippen molar-refractivity contribution >= 4 is 5.91 Å². The third-order valence-corrected chi connectivity index (χ3v) is 0.875. The Morgan fingerprint density at radius 3 is 2.50 bits per heavy atom. The van der Waals surface area contributed by atoms with E-state index in [1.54, 1.807) is 0 Å². The van der Waals surface area contributed by atoms with Crippen LogP contribution in [0.2, 0.25) is 0 Å². The second kappa shape index (κ2) is 4.16. The molecule has 0 radical (unpaired) electrons. The summed E-state index contributed by atoms with van der Waals surface area (Å²) in [6, 6.07) is 0. The lowest BCUT2D eigenvalue weighted by Gasteiger charge is -2.12. The molecule has 0 unspecified atom stereocenters. The summed E-state index contributed by atoms with van der Waals surface area (Å²) >= 11 is 0. The van der Waals surface area contributed by atoms with Gasteiger partial charge in [-0.3, -0.25) is 9.69 Å². The van der Waals surface area contributed by atoms with E-state index in [0.29, 0.717) is 0 Å². The zero-order chi connectivity index (χ0) is 8.15. The van der Waals surface area contributed by atoms with Gasteiger partial charge in [0.05, 0.1) is 13.1 Å². The Balaban J connectivity index is 3.43. The average molecular weight is 152 g/mol. The quantitative estimate of drug-likeness (QED) is 0.599. The van der Waals surface area contributed by atoms with Gasteiger partial charge in [0, 0.05) is 0 Å². The summed E-state index contributed by atoms with van der Waals surface area (Å²) in [6.45, 7) is -0.534. The molecule has 0 aliphatic carbocycles. The molecule has 10 heavy (non-hydrogen) atoms. The predicted molar refractivity (Wildman–Crippen MR) is 32.7 cm³/mol. The topological polar surface area (TPSA) is 46.3 Å². The fourth-order valence-electron chi connectivity index (χ4n) is 0.566. The molecule has 0 bridgehead atoms. The highest BCUT2D eigenvalue weighted by Crippen LogP contribution is 1.93. The molecule has 0 spiro atoms. The molecule has 1 amide bonds. The van der Waals surface area contributed by atoms with E-state index >= 15 is 0 Å². The minimum atomic E-state index is -2.41. The molecular weight excluding hydrogens is 142 g/mol. The van der Waals surface area contributed by atoms with Gasteiger partial charge in [0.2, 0.25) is 5.91 Å². The number of hydrogen-bond donors (Lipinski definition) is 1. The molecule has 0 fully saturated rings. The number of carbonyl (C=O) groups excluding carboxylic acids is 1. The van der Waals surface area contributed by atoms with Crippen LogP contribution in [0.3, 0.4) is 0 Å². The smallest absolute Gasteiger partial charge is 0.251 e. The summed E-state index contributed by atoms with van der Waals surface area (Å²) < 4.78 is 23.1. The summed E-state index contributed by atoms with van der Waals surface area (Å²) in [5.41, 5.74) is 4.74. The molecular formula is C5H10F2N2O. The van der Waals surface area contributed by atoms with Crippen molar-refractivity contribution in [3.63, 3.8) is 0 Å². The van der Waals surface area contributed by atoms with Crippen LogP contribution in [0.1, 0.15) is 0 Å². The van der Waals surface area contributed by atoms with E-state index < -0.39 is 18.9 Å². The molecule has 0 aromatic carbocycles. The highest BCUT2D eigenvalue weighted by molar-refractivity contribution is 5.75. The molecule has 0 aromatic rings. The predicted octanol–water partition coefficient (Wildman–Crippen LogP) is -0.331. The first-order valence-corrected chi connectivity index (χ1v) is 2.77. The fourth-order valence-corrected chi connectivity index (χ4v) is 0.566. The first kappa shape index (κ1) is 9.29. The molecule has 5 heteroatoms. The van der Waals surface area contributed by atoms with Crippen LogP contribution >= 0.6 is 0 Å². The van der Waals surface area contributed by atoms with Gasteiger partial charge in [0.1, 0.15) is 0 Å². The lowest BCUT2D eigenvalue weighted by Crippen LogP contribution is -2.33. The van der Waals surface area contributed by atoms with E-state index in [4.69, 9.17) is 5.73 Å². The largest absolute Gasteiger partial charge is 0.369 e. The SMILES string of the molecule is CN(CC(N)=O)CC(F)F. The Kier molecular flexibility index (Phi) is 3.87. The normalized spacial score (nSPS) is 10.9. The maximum absolute atomic E-state index is 11.5. The van der Waals surface area contributed by atoms with Crippen molar-refractivity contribution in [3.05, 3.63) is 0 Å². The van der Waals surface area contributed by atoms with Gasteiger partial charge in [-0.15, -0.1) is 0 Å². The molecule has 0 aliphatic heterocycles. The molecule has 0 aliphatic rings. The van der Waals surface area contributed by atoms with Crippen molar-refractivity contribution in [2.45, 2.75) is 6.43 Å². The standard InChI is InChI=1S/C5H10F2N2O/c1-9(2-4(6)7)3-5(8)10/h4H,2-3H2,1H3,(H2,8,10). The van der Waals surface area contributed by atoms with Gasteiger partial charge in [-0.1, -0.05) is 0 Å². The summed E-state index contributed by atoms with van der Waals surface area (Å²) in [7, 11) is 1.41. The van der Waals surface area contributed by atoms with Crippen molar-refractivity contribution in [3.8, 4) is 0 Å². The van der Waals surface area contributed by atoms with E-state index in [-0.39, 0.29) is 6.54 Å². The van der Waals surface area contributed by atoms with Crippen LogP contribution in [0.25, 0.3) is 0 Å². The summed E-state index contributed by atoms with van der Waals surface area (Å²) in [5.74, 6) is -0.594. The Bertz CT molecular complexity index is 118. The van der Waals surface area contributed by atoms with Crippen LogP contribution in [0, 0.1) is 0 Å². The van der Waals surface area contributed by atoms with Gasteiger partial charge in [-0.05, 0) is 7.05 Å². The van der Waals surface area contributed by atoms with Gasteiger partial charge in [0.15, 0.2) is 0 Å². The van der Waals surface area contributed by atoms with E-state index in [1.165, 1.54) is 11.9 Å². The Morgan fingerprint density at radius 1 is 1.70 bits per heavy atom. The van der Waals surface area contributed by atoms with E-state index in [2.05, 4.69) is 0 Å². The van der Waals surface area contributed by atoms with Gasteiger partial charge in [-0.25, -0.2) is 8.78 Å². The Morgan fingerprint density at radius 2 is 2.20 bits per heavy atom. The molecule has 0 rings (SSSR count). The summed E-state index contributed by atoms with van der Waals surface area (Å²) in [6.07, 6.45) is -2.41. The second-order valence-corrected chi connectivity index (χ2v) is 2.05. The van der Waals surface area contributed by atoms with Gasteiger partial charge in [0.25, 0.3) is 6.43 Å². The Labute approximate surface area is 57.8 Å². The zero-order valence-electron chi connectivity index (χ0n) is 5.68. The van der Waals surface area contributed by atoms with Crippen molar-refractivity contribution in [2.24, 2.45) is 5.73 Å². The van der Waals surface area contributed by atoms with Crippen LogP contribution in [-0.4, -0.2) is 37.4 Å². The first-order valence-electron chi connectivity index (χ1n) is 2.77. The molecule has 0 atom stereocenters. The van der Waals surface area contributed by atoms with Gasteiger partial charge >= 0.3 is 0 Å². The second-order valence-electron chi connectivity index (χ2n) is 2.05. The number of likely N-dealkylation sites (N-methyl/N-ethyl adjacent to an activating group) is 1. The number of halogens is 2. The maximum Gasteiger partial charge on any atom is 0.251 e. The lowest BCUT2D eigenvalue weighted by molar-refractivity contribution is -0.119. The minimum absolute atomic E-state index is 0.121. The van der Waals surface area contributed by atoms with Gasteiger partial charge in [-0.2, -0.15) is 0 Å². The molecule has 0 aromatic heterocycles. The summed E-state index contributed by atoms with van der Waals surface area (Å²) in [5, 5.41) is 0. The fraction of sp³-hybridized carbons (Fsp3) is 0.800. The summed E-state index contributed by atoms with van der Waals surface area (Å²) in [4.78, 5) is 11.3. The third-order valence-electron chi connectivity index (χ3n) is 0.875. The zero-order valence-corrected chi connectivity index (χ0v) is 5.68. The van der Waals surface area contributed by atoms with E-state index in [1.807, 2.05) is 0 Å². The molecule has 60 valence electrons. The number of carbonyl (C=O) groups is 1. The number of amides is 1. The van der Waals surface area contributed by atoms with Crippen LogP contribution in [0.15, 0.2) is 0 Å². The minimum Gasteiger partial charge on any atom is -0.369 e. The van der Waals surface area contributed by atoms with Crippen molar-refractivity contribution in [2.75, 3.05) is 20.1 Å². The average Bonchev–Trinajstić information content (AvgIpc) is 1.58. The van der Waals surface area contributed by atoms with Crippen molar-refractivity contribution < 1.29 is 13.6 Å². The number of hydrogen-bond acceptors (Lipinski definition) is 2. The molecule has 2 N–H and O–H groups in total. The molecule has 0 heterocycles. The molecule has 0 saturated carbocycles. The number of nitrogens with zero attached hydrogens (tertiary/aromatic N) is 1. The van der Waals surface area contributed by atoms with E-state index in [9.17, 15) is 13.6 Å². The van der Waals surface area contributed by atoms with Crippen LogP contribution < -0.4 is 5.73 Å². The number of alkyl halides is 2. The van der Waals surface area contributed by atoms with Crippen molar-refractivity contribution in [1.82, 2.24) is 4.90 Å². The lowest BCUT2D eigenvalue weighted by atomic mass is 10.5. The highest BCUT2D eigenvalue weighted by atomic mass is 19.3. The van der Waals surface area contributed by atoms with Crippen LogP contribution in [0.4, 0.5) is 8.78 Å². The van der Waals surface area contributed by atoms with E-state index in [0.717, 1.165) is 0 Å². The van der Waals surface area contributed by atoms with Gasteiger partial charge < -0.3 is 5.73 Å². The number of nitrogens with two attached hydrogens (primary N) is 1. The first-order chi connectivity index (χ1) is 4.52. The maximum atomic E-state index is 11.5. The number of rotatable bonds is 4. The van der Waals surface area contributed by atoms with Crippen LogP contribution in [-0.2, 0) is 4.79 Å². The van der Waals surface area contributed by atoms with Crippen molar-refractivity contribution in [1.29, 1.82) is 0 Å². The Hall–Kier alpha value is -0.710. The van der Waals surface area contributed by atoms with Crippen LogP contribution in [0.5, 0.6) is 0 Å². The molecule has 0 saturated heterocycles. The highest BCUT2D eigenvalue weighted by Gasteiger charge is 2.08. The number of primary amides is 1. The monoisotopic (exact) mass is 152 g/mol. The molecule has 3 nitrogen and oxygen atoms in total. The third kappa shape index (κ3) is 5.43.